The zero-order valence-corrected chi connectivity index (χ0v) is 12.6. The summed E-state index contributed by atoms with van der Waals surface area (Å²) in [6.07, 6.45) is 7.84. The lowest BCUT2D eigenvalue weighted by Crippen LogP contribution is -2.21. The molecular weight excluding hydrogens is 281 g/mol. The van der Waals surface area contributed by atoms with Gasteiger partial charge in [0.1, 0.15) is 0 Å². The third-order valence-corrected chi connectivity index (χ3v) is 3.44. The number of hydrogen-bond donors (Lipinski definition) is 1. The Labute approximate surface area is 124 Å². The van der Waals surface area contributed by atoms with Crippen molar-refractivity contribution in [3.05, 3.63) is 39.9 Å². The topological polar surface area (TPSA) is 29.1 Å². The van der Waals surface area contributed by atoms with E-state index < -0.39 is 0 Å². The Balaban J connectivity index is 2.34. The van der Waals surface area contributed by atoms with E-state index in [1.165, 1.54) is 18.9 Å². The van der Waals surface area contributed by atoms with Gasteiger partial charge in [0.05, 0.1) is 10.0 Å². The van der Waals surface area contributed by atoms with Gasteiger partial charge >= 0.3 is 0 Å². The molecule has 104 valence electrons. The van der Waals surface area contributed by atoms with Crippen molar-refractivity contribution in [3.63, 3.8) is 0 Å². The van der Waals surface area contributed by atoms with Gasteiger partial charge in [0.15, 0.2) is 0 Å². The number of carbonyl (C=O) groups is 1. The van der Waals surface area contributed by atoms with E-state index in [1.807, 2.05) is 6.07 Å². The van der Waals surface area contributed by atoms with Crippen LogP contribution in [0, 0.1) is 0 Å². The molecule has 0 spiro atoms. The summed E-state index contributed by atoms with van der Waals surface area (Å²) in [7, 11) is 0. The Morgan fingerprint density at radius 3 is 2.68 bits per heavy atom. The first-order valence-electron chi connectivity index (χ1n) is 6.54. The van der Waals surface area contributed by atoms with Gasteiger partial charge in [0.25, 0.3) is 0 Å². The second-order valence-electron chi connectivity index (χ2n) is 4.36. The Bertz CT molecular complexity index is 444. The number of unbranched alkanes of at least 4 members (excludes halogenated alkanes) is 3. The van der Waals surface area contributed by atoms with E-state index in [9.17, 15) is 4.79 Å². The highest BCUT2D eigenvalue weighted by Crippen LogP contribution is 2.22. The number of rotatable bonds is 7. The summed E-state index contributed by atoms with van der Waals surface area (Å²) in [5.74, 6) is -0.0810. The third kappa shape index (κ3) is 6.65. The minimum absolute atomic E-state index is 0.0810. The number of halogens is 2. The first-order valence-corrected chi connectivity index (χ1v) is 7.30. The van der Waals surface area contributed by atoms with Gasteiger partial charge in [-0.3, -0.25) is 4.79 Å². The van der Waals surface area contributed by atoms with E-state index >= 15 is 0 Å². The number of hydrogen-bond acceptors (Lipinski definition) is 1. The summed E-state index contributed by atoms with van der Waals surface area (Å²) in [6, 6.07) is 5.26. The minimum Gasteiger partial charge on any atom is -0.353 e. The van der Waals surface area contributed by atoms with Crippen molar-refractivity contribution in [1.29, 1.82) is 0 Å². The van der Waals surface area contributed by atoms with Gasteiger partial charge in [0.2, 0.25) is 5.91 Å². The molecule has 0 bridgehead atoms. The average Bonchev–Trinajstić information content (AvgIpc) is 2.40. The maximum atomic E-state index is 11.5. The lowest BCUT2D eigenvalue weighted by Gasteiger charge is -2.01. The molecule has 19 heavy (non-hydrogen) atoms. The third-order valence-electron chi connectivity index (χ3n) is 2.70. The van der Waals surface area contributed by atoms with E-state index in [1.54, 1.807) is 18.2 Å². The Kier molecular flexibility index (Phi) is 7.61. The predicted octanol–water partition coefficient (Wildman–Crippen LogP) is 4.70. The SMILES string of the molecule is CCCCCCNC(=O)C=Cc1ccc(Cl)c(Cl)c1. The van der Waals surface area contributed by atoms with E-state index in [0.29, 0.717) is 10.0 Å². The molecule has 1 aromatic rings. The van der Waals surface area contributed by atoms with Crippen molar-refractivity contribution < 1.29 is 4.79 Å². The molecule has 0 atom stereocenters. The molecule has 4 heteroatoms. The molecule has 0 aliphatic rings. The highest BCUT2D eigenvalue weighted by molar-refractivity contribution is 6.42. The van der Waals surface area contributed by atoms with Crippen LogP contribution in [0.15, 0.2) is 24.3 Å². The molecule has 0 saturated heterocycles. The van der Waals surface area contributed by atoms with Crippen LogP contribution in [0.2, 0.25) is 10.0 Å². The molecule has 0 unspecified atom stereocenters. The molecule has 1 aromatic carbocycles. The predicted molar refractivity (Wildman–Crippen MR) is 82.6 cm³/mol. The fourth-order valence-corrected chi connectivity index (χ4v) is 1.92. The minimum atomic E-state index is -0.0810. The van der Waals surface area contributed by atoms with E-state index in [-0.39, 0.29) is 5.91 Å². The molecular formula is C15H19Cl2NO. The summed E-state index contributed by atoms with van der Waals surface area (Å²) in [6.45, 7) is 2.89. The van der Waals surface area contributed by atoms with Crippen LogP contribution in [-0.4, -0.2) is 12.5 Å². The Morgan fingerprint density at radius 2 is 2.00 bits per heavy atom. The zero-order chi connectivity index (χ0) is 14.1. The standard InChI is InChI=1S/C15H19Cl2NO/c1-2-3-4-5-10-18-15(19)9-7-12-6-8-13(16)14(17)11-12/h6-9,11H,2-5,10H2,1H3,(H,18,19). The van der Waals surface area contributed by atoms with E-state index in [0.717, 1.165) is 24.9 Å². The van der Waals surface area contributed by atoms with Gasteiger partial charge in [-0.05, 0) is 30.2 Å². The average molecular weight is 300 g/mol. The van der Waals surface area contributed by atoms with E-state index in [2.05, 4.69) is 12.2 Å². The monoisotopic (exact) mass is 299 g/mol. The lowest BCUT2D eigenvalue weighted by molar-refractivity contribution is -0.116. The fourth-order valence-electron chi connectivity index (χ4n) is 1.61. The number of nitrogens with one attached hydrogen (secondary N) is 1. The van der Waals surface area contributed by atoms with Crippen LogP contribution >= 0.6 is 23.2 Å². The molecule has 2 nitrogen and oxygen atoms in total. The second-order valence-corrected chi connectivity index (χ2v) is 5.17. The summed E-state index contributed by atoms with van der Waals surface area (Å²) in [5, 5.41) is 3.86. The zero-order valence-electron chi connectivity index (χ0n) is 11.1. The highest BCUT2D eigenvalue weighted by Gasteiger charge is 1.98. The van der Waals surface area contributed by atoms with Gasteiger partial charge in [-0.15, -0.1) is 0 Å². The number of carbonyl (C=O) groups excluding carboxylic acids is 1. The maximum absolute atomic E-state index is 11.5. The van der Waals surface area contributed by atoms with Gasteiger partial charge in [-0.25, -0.2) is 0 Å². The molecule has 1 N–H and O–H groups in total. The molecule has 0 radical (unpaired) electrons. The van der Waals surface area contributed by atoms with Gasteiger partial charge < -0.3 is 5.32 Å². The molecule has 0 fully saturated rings. The van der Waals surface area contributed by atoms with Crippen LogP contribution in [0.1, 0.15) is 38.2 Å². The first kappa shape index (κ1) is 16.1. The first-order chi connectivity index (χ1) is 9.13. The van der Waals surface area contributed by atoms with Crippen LogP contribution in [0.25, 0.3) is 6.08 Å². The summed E-state index contributed by atoms with van der Waals surface area (Å²) in [5.41, 5.74) is 0.857. The van der Waals surface area contributed by atoms with Crippen LogP contribution in [0.5, 0.6) is 0 Å². The van der Waals surface area contributed by atoms with Crippen molar-refractivity contribution in [3.8, 4) is 0 Å². The van der Waals surface area contributed by atoms with Crippen molar-refractivity contribution >= 4 is 35.2 Å². The number of benzene rings is 1. The Hall–Kier alpha value is -0.990. The van der Waals surface area contributed by atoms with Crippen LogP contribution in [0.3, 0.4) is 0 Å². The molecule has 0 saturated carbocycles. The number of amides is 1. The van der Waals surface area contributed by atoms with Crippen molar-refractivity contribution in [2.75, 3.05) is 6.54 Å². The van der Waals surface area contributed by atoms with Crippen molar-refractivity contribution in [2.45, 2.75) is 32.6 Å². The van der Waals surface area contributed by atoms with Crippen molar-refractivity contribution in [2.24, 2.45) is 0 Å². The molecule has 0 aliphatic carbocycles. The largest absolute Gasteiger partial charge is 0.353 e. The van der Waals surface area contributed by atoms with E-state index in [4.69, 9.17) is 23.2 Å². The van der Waals surface area contributed by atoms with Gasteiger partial charge in [-0.2, -0.15) is 0 Å². The molecule has 0 heterocycles. The second kappa shape index (κ2) is 9.00. The molecule has 0 aliphatic heterocycles. The smallest absolute Gasteiger partial charge is 0.243 e. The van der Waals surface area contributed by atoms with Crippen LogP contribution in [-0.2, 0) is 4.79 Å². The Morgan fingerprint density at radius 1 is 1.21 bits per heavy atom. The summed E-state index contributed by atoms with van der Waals surface area (Å²) < 4.78 is 0. The van der Waals surface area contributed by atoms with Crippen molar-refractivity contribution in [1.82, 2.24) is 5.32 Å². The summed E-state index contributed by atoms with van der Waals surface area (Å²) in [4.78, 5) is 11.5. The lowest BCUT2D eigenvalue weighted by atomic mass is 10.2. The summed E-state index contributed by atoms with van der Waals surface area (Å²) >= 11 is 11.7. The highest BCUT2D eigenvalue weighted by atomic mass is 35.5. The van der Waals surface area contributed by atoms with Crippen LogP contribution < -0.4 is 5.32 Å². The van der Waals surface area contributed by atoms with Gasteiger partial charge in [0, 0.05) is 12.6 Å². The quantitative estimate of drug-likeness (QED) is 0.574. The van der Waals surface area contributed by atoms with Crippen LogP contribution in [0.4, 0.5) is 0 Å². The normalized spacial score (nSPS) is 10.9. The maximum Gasteiger partial charge on any atom is 0.243 e. The molecule has 1 rings (SSSR count). The molecule has 1 amide bonds. The van der Waals surface area contributed by atoms with Gasteiger partial charge in [-0.1, -0.05) is 55.5 Å². The fraction of sp³-hybridized carbons (Fsp3) is 0.400. The molecule has 0 aromatic heterocycles.